The van der Waals surface area contributed by atoms with Gasteiger partial charge in [-0.2, -0.15) is 4.98 Å². The van der Waals surface area contributed by atoms with Gasteiger partial charge in [-0.1, -0.05) is 41.1 Å². The Morgan fingerprint density at radius 1 is 1.29 bits per heavy atom. The molecule has 124 valence electrons. The van der Waals surface area contributed by atoms with Gasteiger partial charge < -0.3 is 9.84 Å². The number of aryl methyl sites for hydroxylation is 1. The van der Waals surface area contributed by atoms with E-state index in [0.717, 1.165) is 10.6 Å². The first kappa shape index (κ1) is 16.7. The summed E-state index contributed by atoms with van der Waals surface area (Å²) in [5.41, 5.74) is 2.46. The Kier molecular flexibility index (Phi) is 5.66. The molecule has 0 bridgehead atoms. The van der Waals surface area contributed by atoms with E-state index in [-0.39, 0.29) is 12.5 Å². The molecule has 0 saturated heterocycles. The Bertz CT molecular complexity index is 783. The second-order valence-corrected chi connectivity index (χ2v) is 7.18. The van der Waals surface area contributed by atoms with Crippen LogP contribution in [0.4, 0.5) is 0 Å². The first-order valence-electron chi connectivity index (χ1n) is 7.47. The molecule has 24 heavy (non-hydrogen) atoms. The molecule has 0 aliphatic rings. The maximum Gasteiger partial charge on any atom is 0.246 e. The third-order valence-electron chi connectivity index (χ3n) is 3.27. The molecule has 0 radical (unpaired) electrons. The highest BCUT2D eigenvalue weighted by Gasteiger charge is 2.10. The maximum absolute atomic E-state index is 11.9. The average Bonchev–Trinajstić information content (AvgIpc) is 3.26. The van der Waals surface area contributed by atoms with Crippen LogP contribution in [0.15, 0.2) is 46.3 Å². The van der Waals surface area contributed by atoms with Crippen LogP contribution >= 0.6 is 23.1 Å². The molecule has 5 nitrogen and oxygen atoms in total. The summed E-state index contributed by atoms with van der Waals surface area (Å²) in [6.07, 6.45) is 0. The molecule has 0 fully saturated rings. The van der Waals surface area contributed by atoms with Gasteiger partial charge in [0.05, 0.1) is 17.2 Å². The van der Waals surface area contributed by atoms with Crippen molar-refractivity contribution >= 4 is 29.0 Å². The lowest BCUT2D eigenvalue weighted by Gasteiger charge is -2.03. The van der Waals surface area contributed by atoms with Gasteiger partial charge in [-0.15, -0.1) is 23.1 Å². The number of carbonyl (C=O) groups excluding carboxylic acids is 1. The summed E-state index contributed by atoms with van der Waals surface area (Å²) in [5.74, 6) is 2.15. The molecule has 1 amide bonds. The number of nitrogens with zero attached hydrogens (tertiary/aromatic N) is 2. The fourth-order valence-corrected chi connectivity index (χ4v) is 3.47. The summed E-state index contributed by atoms with van der Waals surface area (Å²) >= 11 is 3.13. The van der Waals surface area contributed by atoms with Gasteiger partial charge in [0.2, 0.25) is 17.6 Å². The normalized spacial score (nSPS) is 10.7. The fourth-order valence-electron chi connectivity index (χ4n) is 2.00. The largest absolute Gasteiger partial charge is 0.346 e. The van der Waals surface area contributed by atoms with Crippen LogP contribution in [0.5, 0.6) is 0 Å². The Balaban J connectivity index is 1.40. The Hall–Kier alpha value is -2.12. The number of benzene rings is 1. The lowest BCUT2D eigenvalue weighted by molar-refractivity contribution is -0.118. The van der Waals surface area contributed by atoms with Crippen molar-refractivity contribution in [3.05, 3.63) is 58.8 Å². The number of nitrogens with one attached hydrogen (secondary N) is 1. The highest BCUT2D eigenvalue weighted by Crippen LogP contribution is 2.21. The van der Waals surface area contributed by atoms with Crippen LogP contribution in [0.3, 0.4) is 0 Å². The molecule has 0 aliphatic heterocycles. The number of thioether (sulfide) groups is 1. The first-order valence-corrected chi connectivity index (χ1v) is 9.50. The molecule has 2 aromatic heterocycles. The zero-order valence-electron chi connectivity index (χ0n) is 13.2. The van der Waals surface area contributed by atoms with Crippen molar-refractivity contribution in [2.75, 3.05) is 5.75 Å². The molecule has 0 spiro atoms. The summed E-state index contributed by atoms with van der Waals surface area (Å²) < 4.78 is 5.15. The van der Waals surface area contributed by atoms with Crippen LogP contribution in [0.25, 0.3) is 10.7 Å². The minimum atomic E-state index is -0.0389. The predicted molar refractivity (Wildman–Crippen MR) is 96.8 cm³/mol. The van der Waals surface area contributed by atoms with E-state index >= 15 is 0 Å². The van der Waals surface area contributed by atoms with Crippen LogP contribution in [0.1, 0.15) is 17.0 Å². The van der Waals surface area contributed by atoms with Crippen molar-refractivity contribution in [3.63, 3.8) is 0 Å². The molecule has 7 heteroatoms. The Labute approximate surface area is 148 Å². The van der Waals surface area contributed by atoms with Gasteiger partial charge in [0.1, 0.15) is 0 Å². The molecule has 3 rings (SSSR count). The summed E-state index contributed by atoms with van der Waals surface area (Å²) in [6, 6.07) is 12.2. The SMILES string of the molecule is Cc1ccc(CSCC(=O)NCc2nc(-c3cccs3)no2)cc1. The van der Waals surface area contributed by atoms with Crippen LogP contribution in [0, 0.1) is 6.92 Å². The van der Waals surface area contributed by atoms with E-state index in [2.05, 4.69) is 46.6 Å². The predicted octanol–water partition coefficient (Wildman–Crippen LogP) is 3.66. The number of rotatable bonds is 7. The minimum Gasteiger partial charge on any atom is -0.346 e. The molecule has 3 aromatic rings. The molecule has 1 aromatic carbocycles. The monoisotopic (exact) mass is 359 g/mol. The zero-order valence-corrected chi connectivity index (χ0v) is 14.8. The van der Waals surface area contributed by atoms with E-state index < -0.39 is 0 Å². The summed E-state index contributed by atoms with van der Waals surface area (Å²) in [6.45, 7) is 2.31. The topological polar surface area (TPSA) is 68.0 Å². The van der Waals surface area contributed by atoms with E-state index in [4.69, 9.17) is 4.52 Å². The number of hydrogen-bond acceptors (Lipinski definition) is 6. The van der Waals surface area contributed by atoms with Crippen LogP contribution < -0.4 is 5.32 Å². The molecule has 0 atom stereocenters. The number of hydrogen-bond donors (Lipinski definition) is 1. The lowest BCUT2D eigenvalue weighted by atomic mass is 10.2. The summed E-state index contributed by atoms with van der Waals surface area (Å²) in [4.78, 5) is 17.1. The lowest BCUT2D eigenvalue weighted by Crippen LogP contribution is -2.24. The molecular formula is C17H17N3O2S2. The van der Waals surface area contributed by atoms with Crippen molar-refractivity contribution in [2.24, 2.45) is 0 Å². The molecule has 0 aliphatic carbocycles. The van der Waals surface area contributed by atoms with Crippen molar-refractivity contribution in [1.29, 1.82) is 0 Å². The third kappa shape index (κ3) is 4.69. The minimum absolute atomic E-state index is 0.0389. The van der Waals surface area contributed by atoms with Gasteiger partial charge >= 0.3 is 0 Å². The van der Waals surface area contributed by atoms with Crippen LogP contribution in [-0.2, 0) is 17.1 Å². The van der Waals surface area contributed by atoms with Crippen molar-refractivity contribution in [1.82, 2.24) is 15.5 Å². The summed E-state index contributed by atoms with van der Waals surface area (Å²) in [5, 5.41) is 8.67. The van der Waals surface area contributed by atoms with Gasteiger partial charge in [-0.25, -0.2) is 0 Å². The van der Waals surface area contributed by atoms with Crippen LogP contribution in [0.2, 0.25) is 0 Å². The number of carbonyl (C=O) groups is 1. The smallest absolute Gasteiger partial charge is 0.246 e. The van der Waals surface area contributed by atoms with Gasteiger partial charge in [0, 0.05) is 5.75 Å². The van der Waals surface area contributed by atoms with E-state index in [1.807, 2.05) is 17.5 Å². The van der Waals surface area contributed by atoms with Crippen molar-refractivity contribution in [2.45, 2.75) is 19.2 Å². The van der Waals surface area contributed by atoms with E-state index in [0.29, 0.717) is 17.5 Å². The van der Waals surface area contributed by atoms with Gasteiger partial charge in [-0.05, 0) is 23.9 Å². The number of thiophene rings is 1. The maximum atomic E-state index is 11.9. The van der Waals surface area contributed by atoms with Gasteiger partial charge in [0.15, 0.2) is 0 Å². The zero-order chi connectivity index (χ0) is 16.8. The molecular weight excluding hydrogens is 342 g/mol. The molecule has 0 saturated carbocycles. The summed E-state index contributed by atoms with van der Waals surface area (Å²) in [7, 11) is 0. The molecule has 1 N–H and O–H groups in total. The second-order valence-electron chi connectivity index (χ2n) is 5.24. The quantitative estimate of drug-likeness (QED) is 0.697. The average molecular weight is 359 g/mol. The third-order valence-corrected chi connectivity index (χ3v) is 5.14. The van der Waals surface area contributed by atoms with Crippen molar-refractivity contribution in [3.8, 4) is 10.7 Å². The molecule has 2 heterocycles. The van der Waals surface area contributed by atoms with E-state index in [1.165, 1.54) is 11.1 Å². The number of amides is 1. The standard InChI is InChI=1S/C17H17N3O2S2/c1-12-4-6-13(7-5-12)10-23-11-15(21)18-9-16-19-17(20-22-16)14-3-2-8-24-14/h2-8H,9-11H2,1H3,(H,18,21). The van der Waals surface area contributed by atoms with Crippen LogP contribution in [-0.4, -0.2) is 21.8 Å². The van der Waals surface area contributed by atoms with Crippen molar-refractivity contribution < 1.29 is 9.32 Å². The first-order chi connectivity index (χ1) is 11.7. The van der Waals surface area contributed by atoms with Gasteiger partial charge in [-0.3, -0.25) is 4.79 Å². The fraction of sp³-hybridized carbons (Fsp3) is 0.235. The van der Waals surface area contributed by atoms with Gasteiger partial charge in [0.25, 0.3) is 0 Å². The Morgan fingerprint density at radius 2 is 2.12 bits per heavy atom. The highest BCUT2D eigenvalue weighted by molar-refractivity contribution is 7.99. The number of aromatic nitrogens is 2. The highest BCUT2D eigenvalue weighted by atomic mass is 32.2. The van der Waals surface area contributed by atoms with E-state index in [9.17, 15) is 4.79 Å². The van der Waals surface area contributed by atoms with E-state index in [1.54, 1.807) is 23.1 Å². The molecule has 0 unspecified atom stereocenters. The second kappa shape index (κ2) is 8.12. The Morgan fingerprint density at radius 3 is 2.88 bits per heavy atom.